The van der Waals surface area contributed by atoms with Gasteiger partial charge in [0.2, 0.25) is 0 Å². The van der Waals surface area contributed by atoms with Crippen LogP contribution in [0.25, 0.3) is 10.6 Å². The highest BCUT2D eigenvalue weighted by Gasteiger charge is 2.49. The molecule has 1 saturated carbocycles. The maximum atomic E-state index is 6.31. The Labute approximate surface area is 134 Å². The molecule has 5 atom stereocenters. The summed E-state index contributed by atoms with van der Waals surface area (Å²) in [6, 6.07) is 10.2. The highest BCUT2D eigenvalue weighted by Crippen LogP contribution is 2.45. The minimum atomic E-state index is 0.351. The highest BCUT2D eigenvalue weighted by atomic mass is 32.1. The molecule has 0 amide bonds. The van der Waals surface area contributed by atoms with Crippen LogP contribution in [-0.4, -0.2) is 40.8 Å². The van der Waals surface area contributed by atoms with Crippen molar-refractivity contribution in [2.24, 2.45) is 17.8 Å². The van der Waals surface area contributed by atoms with Gasteiger partial charge in [0.05, 0.1) is 0 Å². The molecule has 0 N–H and O–H groups in total. The molecule has 2 aromatic rings. The van der Waals surface area contributed by atoms with Crippen LogP contribution < -0.4 is 4.74 Å². The average molecular weight is 313 g/mol. The molecule has 3 aliphatic heterocycles. The van der Waals surface area contributed by atoms with Crippen molar-refractivity contribution >= 4 is 11.3 Å². The van der Waals surface area contributed by atoms with Gasteiger partial charge in [-0.15, -0.1) is 5.10 Å². The van der Waals surface area contributed by atoms with Crippen molar-refractivity contribution in [2.75, 3.05) is 19.6 Å². The first-order valence-electron chi connectivity index (χ1n) is 8.13. The Balaban J connectivity index is 1.35. The number of nitrogens with zero attached hydrogens (tertiary/aromatic N) is 3. The summed E-state index contributed by atoms with van der Waals surface area (Å²) in [5.41, 5.74) is 1.12. The summed E-state index contributed by atoms with van der Waals surface area (Å²) < 4.78 is 6.31. The van der Waals surface area contributed by atoms with Crippen LogP contribution in [0.1, 0.15) is 12.8 Å². The zero-order chi connectivity index (χ0) is 14.5. The van der Waals surface area contributed by atoms with Gasteiger partial charge < -0.3 is 9.64 Å². The van der Waals surface area contributed by atoms with E-state index in [2.05, 4.69) is 27.2 Å². The SMILES string of the molecule is c1ccc(-c2nnc(OC3C4CC5C[C@H]3CN(C5)C4)s2)cc1. The molecule has 4 unspecified atom stereocenters. The van der Waals surface area contributed by atoms with E-state index in [1.54, 1.807) is 11.3 Å². The minimum absolute atomic E-state index is 0.351. The summed E-state index contributed by atoms with van der Waals surface area (Å²) in [5, 5.41) is 10.3. The predicted octanol–water partition coefficient (Wildman–Crippen LogP) is 2.92. The number of rotatable bonds is 3. The van der Waals surface area contributed by atoms with E-state index < -0.39 is 0 Å². The largest absolute Gasteiger partial charge is 0.465 e. The second-order valence-electron chi connectivity index (χ2n) is 6.90. The van der Waals surface area contributed by atoms with Crippen LogP contribution in [0.2, 0.25) is 0 Å². The van der Waals surface area contributed by atoms with E-state index in [0.717, 1.165) is 21.7 Å². The van der Waals surface area contributed by atoms with Gasteiger partial charge in [-0.2, -0.15) is 0 Å². The summed E-state index contributed by atoms with van der Waals surface area (Å²) in [4.78, 5) is 2.63. The summed E-state index contributed by atoms with van der Waals surface area (Å²) in [6.07, 6.45) is 3.02. The van der Waals surface area contributed by atoms with E-state index in [9.17, 15) is 0 Å². The molecule has 0 radical (unpaired) electrons. The lowest BCUT2D eigenvalue weighted by atomic mass is 9.66. The lowest BCUT2D eigenvalue weighted by molar-refractivity contribution is -0.0986. The Morgan fingerprint density at radius 3 is 2.50 bits per heavy atom. The zero-order valence-corrected chi connectivity index (χ0v) is 13.2. The first-order valence-corrected chi connectivity index (χ1v) is 8.95. The van der Waals surface area contributed by atoms with Crippen LogP contribution in [-0.2, 0) is 0 Å². The number of hydrogen-bond donors (Lipinski definition) is 0. The number of piperidine rings is 3. The molecule has 1 aromatic carbocycles. The summed E-state index contributed by atoms with van der Waals surface area (Å²) in [5.74, 6) is 2.29. The molecule has 3 saturated heterocycles. The van der Waals surface area contributed by atoms with E-state index in [1.165, 1.54) is 32.5 Å². The van der Waals surface area contributed by atoms with E-state index in [-0.39, 0.29) is 0 Å². The van der Waals surface area contributed by atoms with E-state index in [4.69, 9.17) is 4.74 Å². The molecule has 4 nitrogen and oxygen atoms in total. The van der Waals surface area contributed by atoms with Gasteiger partial charge in [-0.3, -0.25) is 0 Å². The van der Waals surface area contributed by atoms with E-state index >= 15 is 0 Å². The van der Waals surface area contributed by atoms with Crippen molar-refractivity contribution in [1.29, 1.82) is 0 Å². The van der Waals surface area contributed by atoms with E-state index in [1.807, 2.05) is 18.2 Å². The molecule has 114 valence electrons. The fourth-order valence-corrected chi connectivity index (χ4v) is 5.37. The molecule has 4 bridgehead atoms. The molecule has 5 heteroatoms. The Bertz CT molecular complexity index is 644. The van der Waals surface area contributed by atoms with Gasteiger partial charge in [0, 0.05) is 37.0 Å². The smallest absolute Gasteiger partial charge is 0.294 e. The molecule has 6 rings (SSSR count). The van der Waals surface area contributed by atoms with Crippen LogP contribution in [0.4, 0.5) is 0 Å². The molecule has 4 aliphatic rings. The van der Waals surface area contributed by atoms with Gasteiger partial charge in [0.1, 0.15) is 6.10 Å². The number of aromatic nitrogens is 2. The first kappa shape index (κ1) is 13.0. The standard InChI is InChI=1S/C17H19N3OS/c1-2-4-12(5-3-1)16-18-19-17(22-16)21-15-13-6-11-7-14(15)10-20(8-11)9-13/h1-5,11,13-15H,6-10H2/t11?,13-,14?,15?/m0/s1. The fraction of sp³-hybridized carbons (Fsp3) is 0.529. The van der Waals surface area contributed by atoms with Crippen molar-refractivity contribution in [2.45, 2.75) is 18.9 Å². The van der Waals surface area contributed by atoms with Gasteiger partial charge in [-0.25, -0.2) is 0 Å². The van der Waals surface area contributed by atoms with Crippen molar-refractivity contribution in [1.82, 2.24) is 15.1 Å². The third-order valence-electron chi connectivity index (χ3n) is 5.37. The summed E-state index contributed by atoms with van der Waals surface area (Å²) >= 11 is 1.57. The highest BCUT2D eigenvalue weighted by molar-refractivity contribution is 7.16. The average Bonchev–Trinajstić information content (AvgIpc) is 3.00. The van der Waals surface area contributed by atoms with Gasteiger partial charge >= 0.3 is 0 Å². The topological polar surface area (TPSA) is 38.3 Å². The van der Waals surface area contributed by atoms with Gasteiger partial charge in [0.25, 0.3) is 5.19 Å². The van der Waals surface area contributed by atoms with Gasteiger partial charge in [-0.1, -0.05) is 46.8 Å². The number of hydrogen-bond acceptors (Lipinski definition) is 5. The Morgan fingerprint density at radius 1 is 1.00 bits per heavy atom. The van der Waals surface area contributed by atoms with Crippen molar-refractivity contribution in [3.63, 3.8) is 0 Å². The van der Waals surface area contributed by atoms with Gasteiger partial charge in [-0.05, 0) is 18.8 Å². The molecule has 22 heavy (non-hydrogen) atoms. The lowest BCUT2D eigenvalue weighted by Crippen LogP contribution is -2.61. The van der Waals surface area contributed by atoms with Crippen molar-refractivity contribution in [3.8, 4) is 15.8 Å². The minimum Gasteiger partial charge on any atom is -0.465 e. The van der Waals surface area contributed by atoms with Crippen LogP contribution in [0, 0.1) is 17.8 Å². The molecule has 1 aromatic heterocycles. The lowest BCUT2D eigenvalue weighted by Gasteiger charge is -2.54. The molecule has 4 heterocycles. The third kappa shape index (κ3) is 2.15. The Hall–Kier alpha value is -1.46. The van der Waals surface area contributed by atoms with Crippen LogP contribution in [0.3, 0.4) is 0 Å². The third-order valence-corrected chi connectivity index (χ3v) is 6.23. The maximum Gasteiger partial charge on any atom is 0.294 e. The van der Waals surface area contributed by atoms with Crippen LogP contribution in [0.15, 0.2) is 30.3 Å². The molecule has 1 aliphatic carbocycles. The monoisotopic (exact) mass is 313 g/mol. The summed E-state index contributed by atoms with van der Waals surface area (Å²) in [6.45, 7) is 3.74. The second kappa shape index (κ2) is 5.03. The predicted molar refractivity (Wildman–Crippen MR) is 85.9 cm³/mol. The fourth-order valence-electron chi connectivity index (χ4n) is 4.63. The number of benzene rings is 1. The quantitative estimate of drug-likeness (QED) is 0.873. The van der Waals surface area contributed by atoms with Crippen LogP contribution in [0.5, 0.6) is 5.19 Å². The summed E-state index contributed by atoms with van der Waals surface area (Å²) in [7, 11) is 0. The molecular weight excluding hydrogens is 294 g/mol. The maximum absolute atomic E-state index is 6.31. The Kier molecular flexibility index (Phi) is 2.98. The zero-order valence-electron chi connectivity index (χ0n) is 12.4. The molecule has 4 fully saturated rings. The normalized spacial score (nSPS) is 35.7. The molecule has 0 spiro atoms. The van der Waals surface area contributed by atoms with Gasteiger partial charge in [0.15, 0.2) is 5.01 Å². The van der Waals surface area contributed by atoms with Crippen LogP contribution >= 0.6 is 11.3 Å². The van der Waals surface area contributed by atoms with Crippen molar-refractivity contribution in [3.05, 3.63) is 30.3 Å². The molecular formula is C17H19N3OS. The second-order valence-corrected chi connectivity index (χ2v) is 7.84. The van der Waals surface area contributed by atoms with E-state index in [0.29, 0.717) is 17.9 Å². The Morgan fingerprint density at radius 2 is 1.77 bits per heavy atom. The van der Waals surface area contributed by atoms with Crippen molar-refractivity contribution < 1.29 is 4.74 Å². The number of ether oxygens (including phenoxy) is 1. The first-order chi connectivity index (χ1) is 10.8.